The van der Waals surface area contributed by atoms with E-state index < -0.39 is 17.2 Å². The van der Waals surface area contributed by atoms with Crippen LogP contribution in [0.25, 0.3) is 10.9 Å². The third-order valence-electron chi connectivity index (χ3n) is 7.02. The highest BCUT2D eigenvalue weighted by atomic mass is 32.2. The lowest BCUT2D eigenvalue weighted by Crippen LogP contribution is -2.37. The van der Waals surface area contributed by atoms with E-state index in [0.717, 1.165) is 17.9 Å². The average Bonchev–Trinajstić information content (AvgIpc) is 3.36. The van der Waals surface area contributed by atoms with Crippen molar-refractivity contribution in [2.24, 2.45) is 16.6 Å². The molecule has 0 spiro atoms. The van der Waals surface area contributed by atoms with Crippen molar-refractivity contribution in [3.8, 4) is 5.75 Å². The molecule has 0 radical (unpaired) electrons. The first-order chi connectivity index (χ1) is 18.3. The van der Waals surface area contributed by atoms with Gasteiger partial charge in [-0.2, -0.15) is 0 Å². The molecule has 2 aliphatic rings. The quantitative estimate of drug-likeness (QED) is 0.323. The normalized spacial score (nSPS) is 24.1. The Balaban J connectivity index is 1.31. The minimum absolute atomic E-state index is 0.0517. The number of nitrogens with zero attached hydrogens (tertiary/aromatic N) is 4. The lowest BCUT2D eigenvalue weighted by molar-refractivity contribution is 0.184. The van der Waals surface area contributed by atoms with Crippen LogP contribution in [-0.2, 0) is 16.9 Å². The molecule has 0 unspecified atom stereocenters. The molecular formula is C26H24F2N6O3S. The van der Waals surface area contributed by atoms with E-state index in [0.29, 0.717) is 40.3 Å². The zero-order valence-electron chi connectivity index (χ0n) is 20.6. The molecule has 12 heteroatoms. The number of oxazole rings is 1. The Morgan fingerprint density at radius 1 is 1.24 bits per heavy atom. The maximum atomic E-state index is 15.2. The fourth-order valence-electron chi connectivity index (χ4n) is 5.17. The van der Waals surface area contributed by atoms with Gasteiger partial charge < -0.3 is 24.9 Å². The minimum atomic E-state index is -1.04. The van der Waals surface area contributed by atoms with Crippen molar-refractivity contribution >= 4 is 39.3 Å². The number of methoxy groups -OCH3 is 1. The number of nitrogens with one attached hydrogen (secondary N) is 1. The molecule has 9 nitrogen and oxygen atoms in total. The highest BCUT2D eigenvalue weighted by molar-refractivity contribution is 8.15. The Labute approximate surface area is 220 Å². The van der Waals surface area contributed by atoms with Crippen LogP contribution in [0.15, 0.2) is 58.7 Å². The number of rotatable bonds is 8. The number of pyridine rings is 2. The summed E-state index contributed by atoms with van der Waals surface area (Å²) in [6.07, 6.45) is 6.80. The third-order valence-corrected chi connectivity index (χ3v) is 8.29. The van der Waals surface area contributed by atoms with Gasteiger partial charge in [-0.3, -0.25) is 4.99 Å². The van der Waals surface area contributed by atoms with Crippen LogP contribution in [0.5, 0.6) is 5.75 Å². The number of hydrogen-bond acceptors (Lipinski definition) is 10. The Bertz CT molecular complexity index is 1550. The Hall–Kier alpha value is -3.77. The number of nitrogens with two attached hydrogens (primary N) is 1. The van der Waals surface area contributed by atoms with E-state index in [1.54, 1.807) is 44.8 Å². The minimum Gasteiger partial charge on any atom is -0.484 e. The van der Waals surface area contributed by atoms with Gasteiger partial charge in [0.25, 0.3) is 0 Å². The van der Waals surface area contributed by atoms with Crippen LogP contribution in [0.3, 0.4) is 0 Å². The Kier molecular flexibility index (Phi) is 5.95. The molecule has 1 aliphatic heterocycles. The predicted octanol–water partition coefficient (Wildman–Crippen LogP) is 4.90. The van der Waals surface area contributed by atoms with Crippen molar-refractivity contribution in [2.45, 2.75) is 30.2 Å². The highest BCUT2D eigenvalue weighted by Crippen LogP contribution is 2.66. The molecule has 1 aromatic carbocycles. The third kappa shape index (κ3) is 4.23. The van der Waals surface area contributed by atoms with Crippen molar-refractivity contribution in [1.29, 1.82) is 0 Å². The first-order valence-electron chi connectivity index (χ1n) is 11.9. The molecule has 3 atom stereocenters. The van der Waals surface area contributed by atoms with Crippen LogP contribution in [-0.4, -0.2) is 38.6 Å². The largest absolute Gasteiger partial charge is 0.484 e. The Morgan fingerprint density at radius 2 is 2.11 bits per heavy atom. The summed E-state index contributed by atoms with van der Waals surface area (Å²) in [7, 11) is 1.62. The topological polar surface area (TPSA) is 121 Å². The SMILES string of the molecule is COC[C@]12C[C@H]1[C@](C)(c1cc(Nc3nccc4cc(OCc5cnco5)cnc34)cc(F)c1F)N=C(N)S2. The van der Waals surface area contributed by atoms with E-state index in [2.05, 4.69) is 25.3 Å². The molecule has 3 N–H and O–H groups in total. The molecule has 4 heterocycles. The second kappa shape index (κ2) is 9.21. The van der Waals surface area contributed by atoms with Crippen LogP contribution >= 0.6 is 11.8 Å². The average molecular weight is 539 g/mol. The number of amidine groups is 1. The van der Waals surface area contributed by atoms with Crippen molar-refractivity contribution in [2.75, 3.05) is 19.0 Å². The summed E-state index contributed by atoms with van der Waals surface area (Å²) in [5.41, 5.74) is 6.08. The fraction of sp³-hybridized carbons (Fsp3) is 0.308. The number of aromatic nitrogens is 3. The van der Waals surface area contributed by atoms with Gasteiger partial charge in [-0.1, -0.05) is 11.8 Å². The Morgan fingerprint density at radius 3 is 2.89 bits per heavy atom. The van der Waals surface area contributed by atoms with Crippen molar-refractivity contribution in [3.05, 3.63) is 72.2 Å². The number of thioether (sulfide) groups is 1. The first-order valence-corrected chi connectivity index (χ1v) is 12.7. The van der Waals surface area contributed by atoms with Gasteiger partial charge in [0.1, 0.15) is 17.9 Å². The monoisotopic (exact) mass is 538 g/mol. The van der Waals surface area contributed by atoms with Gasteiger partial charge in [0.15, 0.2) is 34.8 Å². The van der Waals surface area contributed by atoms with Crippen LogP contribution in [0.1, 0.15) is 24.7 Å². The van der Waals surface area contributed by atoms with Crippen molar-refractivity contribution < 1.29 is 22.7 Å². The molecule has 1 fully saturated rings. The molecule has 38 heavy (non-hydrogen) atoms. The summed E-state index contributed by atoms with van der Waals surface area (Å²) in [5.74, 6) is -0.496. The zero-order chi connectivity index (χ0) is 26.5. The van der Waals surface area contributed by atoms with E-state index in [9.17, 15) is 4.39 Å². The van der Waals surface area contributed by atoms with Gasteiger partial charge in [0.05, 0.1) is 29.3 Å². The molecule has 1 saturated carbocycles. The van der Waals surface area contributed by atoms with E-state index in [4.69, 9.17) is 19.6 Å². The lowest BCUT2D eigenvalue weighted by Gasteiger charge is -2.34. The van der Waals surface area contributed by atoms with E-state index >= 15 is 4.39 Å². The van der Waals surface area contributed by atoms with Crippen LogP contribution in [0.4, 0.5) is 20.3 Å². The van der Waals surface area contributed by atoms with Crippen molar-refractivity contribution in [1.82, 2.24) is 15.0 Å². The molecule has 0 amide bonds. The van der Waals surface area contributed by atoms with E-state index in [-0.39, 0.29) is 22.8 Å². The number of ether oxygens (including phenoxy) is 2. The number of benzene rings is 1. The molecule has 4 aromatic rings. The molecule has 0 bridgehead atoms. The van der Waals surface area contributed by atoms with Crippen molar-refractivity contribution in [3.63, 3.8) is 0 Å². The summed E-state index contributed by atoms with van der Waals surface area (Å²) in [6.45, 7) is 2.45. The number of anilines is 2. The van der Waals surface area contributed by atoms with Gasteiger partial charge in [0, 0.05) is 41.9 Å². The molecule has 6 rings (SSSR count). The second-order valence-electron chi connectivity index (χ2n) is 9.56. The lowest BCUT2D eigenvalue weighted by atomic mass is 9.85. The van der Waals surface area contributed by atoms with Gasteiger partial charge >= 0.3 is 0 Å². The maximum absolute atomic E-state index is 15.2. The predicted molar refractivity (Wildman–Crippen MR) is 139 cm³/mol. The molecule has 196 valence electrons. The summed E-state index contributed by atoms with van der Waals surface area (Å²) < 4.78 is 46.2. The summed E-state index contributed by atoms with van der Waals surface area (Å²) >= 11 is 1.44. The number of fused-ring (bicyclic) bond motifs is 2. The van der Waals surface area contributed by atoms with Crippen LogP contribution in [0, 0.1) is 17.6 Å². The first kappa shape index (κ1) is 24.6. The van der Waals surface area contributed by atoms with Gasteiger partial charge in [0.2, 0.25) is 0 Å². The number of hydrogen-bond donors (Lipinski definition) is 2. The smallest absolute Gasteiger partial charge is 0.181 e. The summed E-state index contributed by atoms with van der Waals surface area (Å²) in [4.78, 5) is 17.3. The summed E-state index contributed by atoms with van der Waals surface area (Å²) in [5, 5.41) is 4.18. The number of halogens is 2. The zero-order valence-corrected chi connectivity index (χ0v) is 21.4. The molecule has 0 saturated heterocycles. The van der Waals surface area contributed by atoms with Gasteiger partial charge in [-0.05, 0) is 31.5 Å². The molecule has 3 aromatic heterocycles. The van der Waals surface area contributed by atoms with Gasteiger partial charge in [-0.25, -0.2) is 23.7 Å². The number of aliphatic imine (C=N–C) groups is 1. The second-order valence-corrected chi connectivity index (χ2v) is 11.0. The van der Waals surface area contributed by atoms with Crippen LogP contribution < -0.4 is 15.8 Å². The fourth-order valence-corrected chi connectivity index (χ4v) is 6.62. The molecular weight excluding hydrogens is 514 g/mol. The van der Waals surface area contributed by atoms with E-state index in [1.165, 1.54) is 18.2 Å². The highest BCUT2D eigenvalue weighted by Gasteiger charge is 2.66. The maximum Gasteiger partial charge on any atom is 0.181 e. The standard InChI is InChI=1S/C26H24F2N6O3S/c1-25(20-8-26(20,12-35-2)38-24(29)34-25)18-6-15(7-19(27)21(18)28)33-23-22-14(3-4-31-23)5-16(10-32-22)36-11-17-9-30-13-37-17/h3-7,9-10,13,20H,8,11-12H2,1-2H3,(H2,29,34)(H,31,33)/t20-,25-,26+/m0/s1. The van der Waals surface area contributed by atoms with Crippen LogP contribution in [0.2, 0.25) is 0 Å². The molecule has 1 aliphatic carbocycles. The summed E-state index contributed by atoms with van der Waals surface area (Å²) in [6, 6.07) is 6.25. The van der Waals surface area contributed by atoms with Gasteiger partial charge in [-0.15, -0.1) is 0 Å². The van der Waals surface area contributed by atoms with E-state index in [1.807, 2.05) is 6.07 Å².